The number of carbonyl (C=O) groups excluding carboxylic acids is 1. The van der Waals surface area contributed by atoms with E-state index in [1.54, 1.807) is 4.90 Å². The van der Waals surface area contributed by atoms with Crippen molar-refractivity contribution in [3.8, 4) is 0 Å². The number of nitrogens with zero attached hydrogens (tertiary/aromatic N) is 1. The molecule has 1 rings (SSSR count). The van der Waals surface area contributed by atoms with Crippen molar-refractivity contribution < 1.29 is 19.4 Å². The van der Waals surface area contributed by atoms with Gasteiger partial charge in [0.05, 0.1) is 25.9 Å². The van der Waals surface area contributed by atoms with Crippen LogP contribution in [0.15, 0.2) is 0 Å². The molecular weight excluding hydrogens is 224 g/mol. The van der Waals surface area contributed by atoms with Crippen molar-refractivity contribution in [2.24, 2.45) is 5.73 Å². The predicted molar refractivity (Wildman–Crippen MR) is 62.5 cm³/mol. The molecule has 0 radical (unpaired) electrons. The largest absolute Gasteiger partial charge is 0.394 e. The van der Waals surface area contributed by atoms with Crippen molar-refractivity contribution >= 4 is 5.91 Å². The van der Waals surface area contributed by atoms with Crippen LogP contribution in [0.5, 0.6) is 0 Å². The molecule has 3 N–H and O–H groups in total. The Bertz CT molecular complexity index is 218. The molecule has 0 bridgehead atoms. The summed E-state index contributed by atoms with van der Waals surface area (Å²) in [6.07, 6.45) is 1.81. The number of hydrogen-bond acceptors (Lipinski definition) is 5. The molecule has 1 aliphatic rings. The zero-order valence-corrected chi connectivity index (χ0v) is 10.1. The van der Waals surface area contributed by atoms with E-state index in [2.05, 4.69) is 0 Å². The van der Waals surface area contributed by atoms with Crippen LogP contribution in [0.4, 0.5) is 0 Å². The standard InChI is InChI=1S/C11H22N2O4/c12-3-7-16-9-11(15)13-4-1-10(2-5-13)17-8-6-14/h10,14H,1-9,12H2. The lowest BCUT2D eigenvalue weighted by Crippen LogP contribution is -2.42. The second kappa shape index (κ2) is 8.41. The molecule has 0 aromatic carbocycles. The molecular formula is C11H22N2O4. The van der Waals surface area contributed by atoms with Gasteiger partial charge < -0.3 is 25.2 Å². The van der Waals surface area contributed by atoms with E-state index in [-0.39, 0.29) is 25.2 Å². The van der Waals surface area contributed by atoms with Gasteiger partial charge in [-0.3, -0.25) is 4.79 Å². The number of likely N-dealkylation sites (tertiary alicyclic amines) is 1. The van der Waals surface area contributed by atoms with Crippen LogP contribution in [0.25, 0.3) is 0 Å². The quantitative estimate of drug-likeness (QED) is 0.561. The maximum atomic E-state index is 11.7. The summed E-state index contributed by atoms with van der Waals surface area (Å²) in [4.78, 5) is 13.5. The summed E-state index contributed by atoms with van der Waals surface area (Å²) in [7, 11) is 0. The molecule has 17 heavy (non-hydrogen) atoms. The van der Waals surface area contributed by atoms with Gasteiger partial charge in [-0.1, -0.05) is 0 Å². The first-order chi connectivity index (χ1) is 8.27. The molecule has 0 atom stereocenters. The van der Waals surface area contributed by atoms with Gasteiger partial charge in [0.1, 0.15) is 6.61 Å². The fraction of sp³-hybridized carbons (Fsp3) is 0.909. The van der Waals surface area contributed by atoms with Crippen LogP contribution in [0.2, 0.25) is 0 Å². The molecule has 1 aliphatic heterocycles. The number of aliphatic hydroxyl groups excluding tert-OH is 1. The van der Waals surface area contributed by atoms with Gasteiger partial charge in [-0.05, 0) is 12.8 Å². The van der Waals surface area contributed by atoms with Crippen molar-refractivity contribution in [3.63, 3.8) is 0 Å². The lowest BCUT2D eigenvalue weighted by Gasteiger charge is -2.31. The summed E-state index contributed by atoms with van der Waals surface area (Å²) in [5.74, 6) is 0.0130. The highest BCUT2D eigenvalue weighted by molar-refractivity contribution is 5.77. The molecule has 100 valence electrons. The topological polar surface area (TPSA) is 85.0 Å². The highest BCUT2D eigenvalue weighted by atomic mass is 16.5. The Balaban J connectivity index is 2.15. The van der Waals surface area contributed by atoms with E-state index in [0.29, 0.717) is 32.8 Å². The molecule has 0 saturated carbocycles. The monoisotopic (exact) mass is 246 g/mol. The van der Waals surface area contributed by atoms with Gasteiger partial charge in [0.2, 0.25) is 5.91 Å². The average molecular weight is 246 g/mol. The fourth-order valence-corrected chi connectivity index (χ4v) is 1.83. The van der Waals surface area contributed by atoms with Crippen LogP contribution in [0.3, 0.4) is 0 Å². The van der Waals surface area contributed by atoms with Gasteiger partial charge in [-0.25, -0.2) is 0 Å². The van der Waals surface area contributed by atoms with E-state index in [9.17, 15) is 4.79 Å². The van der Waals surface area contributed by atoms with Crippen molar-refractivity contribution in [3.05, 3.63) is 0 Å². The number of ether oxygens (including phenoxy) is 2. The predicted octanol–water partition coefficient (Wildman–Crippen LogP) is -1.04. The third-order valence-corrected chi connectivity index (χ3v) is 2.73. The van der Waals surface area contributed by atoms with E-state index in [1.165, 1.54) is 0 Å². The number of aliphatic hydroxyl groups is 1. The van der Waals surface area contributed by atoms with Gasteiger partial charge in [0.15, 0.2) is 0 Å². The summed E-state index contributed by atoms with van der Waals surface area (Å²) in [5.41, 5.74) is 5.27. The maximum absolute atomic E-state index is 11.7. The first-order valence-electron chi connectivity index (χ1n) is 6.06. The lowest BCUT2D eigenvalue weighted by molar-refractivity contribution is -0.138. The second-order valence-corrected chi connectivity index (χ2v) is 4.02. The third kappa shape index (κ3) is 5.45. The van der Waals surface area contributed by atoms with Gasteiger partial charge in [0.25, 0.3) is 0 Å². The van der Waals surface area contributed by atoms with Crippen molar-refractivity contribution in [1.82, 2.24) is 4.90 Å². The maximum Gasteiger partial charge on any atom is 0.248 e. The van der Waals surface area contributed by atoms with E-state index < -0.39 is 0 Å². The second-order valence-electron chi connectivity index (χ2n) is 4.02. The smallest absolute Gasteiger partial charge is 0.248 e. The van der Waals surface area contributed by atoms with Crippen molar-refractivity contribution in [1.29, 1.82) is 0 Å². The Morgan fingerprint density at radius 2 is 2.06 bits per heavy atom. The van der Waals surface area contributed by atoms with Gasteiger partial charge in [-0.2, -0.15) is 0 Å². The number of carbonyl (C=O) groups is 1. The van der Waals surface area contributed by atoms with Crippen molar-refractivity contribution in [2.45, 2.75) is 18.9 Å². The zero-order chi connectivity index (χ0) is 12.5. The Labute approximate surface area is 102 Å². The SMILES string of the molecule is NCCOCC(=O)N1CCC(OCCO)CC1. The highest BCUT2D eigenvalue weighted by Gasteiger charge is 2.22. The molecule has 6 nitrogen and oxygen atoms in total. The van der Waals surface area contributed by atoms with Crippen LogP contribution in [0, 0.1) is 0 Å². The van der Waals surface area contributed by atoms with Crippen LogP contribution in [-0.4, -0.2) is 68.1 Å². The van der Waals surface area contributed by atoms with Gasteiger partial charge in [0, 0.05) is 19.6 Å². The summed E-state index contributed by atoms with van der Waals surface area (Å²) in [5, 5.41) is 8.64. The van der Waals surface area contributed by atoms with E-state index in [4.69, 9.17) is 20.3 Å². The molecule has 0 aromatic rings. The third-order valence-electron chi connectivity index (χ3n) is 2.73. The first-order valence-corrected chi connectivity index (χ1v) is 6.06. The first kappa shape index (κ1) is 14.4. The minimum atomic E-state index is 0.0130. The molecule has 0 aromatic heterocycles. The van der Waals surface area contributed by atoms with Crippen LogP contribution in [-0.2, 0) is 14.3 Å². The summed E-state index contributed by atoms with van der Waals surface area (Å²) in [6, 6.07) is 0. The Morgan fingerprint density at radius 1 is 1.35 bits per heavy atom. The van der Waals surface area contributed by atoms with Gasteiger partial charge >= 0.3 is 0 Å². The normalized spacial score (nSPS) is 17.4. The molecule has 6 heteroatoms. The number of rotatable bonds is 7. The molecule has 0 aliphatic carbocycles. The van der Waals surface area contributed by atoms with Crippen molar-refractivity contribution in [2.75, 3.05) is 46.1 Å². The van der Waals surface area contributed by atoms with E-state index in [0.717, 1.165) is 12.8 Å². The minimum Gasteiger partial charge on any atom is -0.394 e. The summed E-state index contributed by atoms with van der Waals surface area (Å²) < 4.78 is 10.5. The average Bonchev–Trinajstić information content (AvgIpc) is 2.37. The molecule has 1 fully saturated rings. The highest BCUT2D eigenvalue weighted by Crippen LogP contribution is 2.13. The van der Waals surface area contributed by atoms with E-state index >= 15 is 0 Å². The molecule has 0 spiro atoms. The summed E-state index contributed by atoms with van der Waals surface area (Å²) in [6.45, 7) is 2.78. The Kier molecular flexibility index (Phi) is 7.11. The Morgan fingerprint density at radius 3 is 2.65 bits per heavy atom. The summed E-state index contributed by atoms with van der Waals surface area (Å²) >= 11 is 0. The zero-order valence-electron chi connectivity index (χ0n) is 10.1. The van der Waals surface area contributed by atoms with Crippen LogP contribution in [0.1, 0.15) is 12.8 Å². The molecule has 1 saturated heterocycles. The number of nitrogens with two attached hydrogens (primary N) is 1. The Hall–Kier alpha value is -0.690. The molecule has 0 unspecified atom stereocenters. The number of hydrogen-bond donors (Lipinski definition) is 2. The number of piperidine rings is 1. The van der Waals surface area contributed by atoms with Gasteiger partial charge in [-0.15, -0.1) is 0 Å². The minimum absolute atomic E-state index is 0.0130. The number of amides is 1. The van der Waals surface area contributed by atoms with Crippen LogP contribution >= 0.6 is 0 Å². The lowest BCUT2D eigenvalue weighted by atomic mass is 10.1. The van der Waals surface area contributed by atoms with Crippen LogP contribution < -0.4 is 5.73 Å². The molecule has 1 amide bonds. The fourth-order valence-electron chi connectivity index (χ4n) is 1.83. The molecule has 1 heterocycles. The van der Waals surface area contributed by atoms with E-state index in [1.807, 2.05) is 0 Å².